The molecule has 1 fully saturated rings. The van der Waals surface area contributed by atoms with Gasteiger partial charge in [0.05, 0.1) is 10.9 Å². The zero-order chi connectivity index (χ0) is 21.3. The Labute approximate surface area is 176 Å². The second-order valence-corrected chi connectivity index (χ2v) is 9.76. The van der Waals surface area contributed by atoms with Crippen LogP contribution in [-0.2, 0) is 10.0 Å². The topological polar surface area (TPSA) is 79.6 Å². The Morgan fingerprint density at radius 2 is 1.80 bits per heavy atom. The minimum atomic E-state index is -3.60. The molecule has 4 rings (SSSR count). The van der Waals surface area contributed by atoms with Gasteiger partial charge in [-0.3, -0.25) is 4.79 Å². The number of para-hydroxylation sites is 1. The van der Waals surface area contributed by atoms with Gasteiger partial charge in [-0.05, 0) is 56.5 Å². The zero-order valence-electron chi connectivity index (χ0n) is 17.2. The van der Waals surface area contributed by atoms with Gasteiger partial charge in [-0.1, -0.05) is 30.7 Å². The van der Waals surface area contributed by atoms with E-state index in [-0.39, 0.29) is 16.8 Å². The maximum atomic E-state index is 13.0. The Morgan fingerprint density at radius 1 is 1.07 bits per heavy atom. The second-order valence-electron chi connectivity index (χ2n) is 7.82. The molecule has 1 atom stereocenters. The molecule has 0 radical (unpaired) electrons. The summed E-state index contributed by atoms with van der Waals surface area (Å²) in [5, 5.41) is 3.90. The van der Waals surface area contributed by atoms with Gasteiger partial charge >= 0.3 is 0 Å². The van der Waals surface area contributed by atoms with Crippen molar-refractivity contribution in [2.45, 2.75) is 44.0 Å². The number of furan rings is 1. The Morgan fingerprint density at radius 3 is 2.53 bits per heavy atom. The number of piperidine rings is 1. The molecule has 0 spiro atoms. The molecule has 158 valence electrons. The second kappa shape index (κ2) is 8.24. The Balaban J connectivity index is 1.57. The lowest BCUT2D eigenvalue weighted by molar-refractivity contribution is 0.0935. The molecule has 1 aliphatic heterocycles. The van der Waals surface area contributed by atoms with Crippen LogP contribution in [0.3, 0.4) is 0 Å². The first-order valence-corrected chi connectivity index (χ1v) is 11.7. The molecule has 2 heterocycles. The van der Waals surface area contributed by atoms with E-state index < -0.39 is 10.0 Å². The Kier molecular flexibility index (Phi) is 5.66. The molecule has 6 nitrogen and oxygen atoms in total. The molecule has 1 N–H and O–H groups in total. The van der Waals surface area contributed by atoms with E-state index >= 15 is 0 Å². The fourth-order valence-corrected chi connectivity index (χ4v) is 5.37. The molecule has 3 aromatic rings. The van der Waals surface area contributed by atoms with Gasteiger partial charge in [0.15, 0.2) is 0 Å². The molecular weight excluding hydrogens is 400 g/mol. The first kappa shape index (κ1) is 20.6. The number of sulfonamides is 1. The minimum Gasteiger partial charge on any atom is -0.459 e. The number of nitrogens with zero attached hydrogens (tertiary/aromatic N) is 1. The van der Waals surface area contributed by atoms with Gasteiger partial charge in [0.25, 0.3) is 5.91 Å². The number of hydrogen-bond acceptors (Lipinski definition) is 4. The van der Waals surface area contributed by atoms with Crippen molar-refractivity contribution in [3.63, 3.8) is 0 Å². The van der Waals surface area contributed by atoms with E-state index in [9.17, 15) is 13.2 Å². The molecule has 1 amide bonds. The highest BCUT2D eigenvalue weighted by Crippen LogP contribution is 2.25. The van der Waals surface area contributed by atoms with Gasteiger partial charge in [-0.2, -0.15) is 4.31 Å². The summed E-state index contributed by atoms with van der Waals surface area (Å²) in [7, 11) is -3.60. The van der Waals surface area contributed by atoms with Crippen LogP contribution >= 0.6 is 0 Å². The van der Waals surface area contributed by atoms with E-state index in [1.165, 1.54) is 10.4 Å². The summed E-state index contributed by atoms with van der Waals surface area (Å²) in [6.45, 7) is 4.71. The van der Waals surface area contributed by atoms with Crippen molar-refractivity contribution in [2.24, 2.45) is 0 Å². The average molecular weight is 427 g/mol. The van der Waals surface area contributed by atoms with E-state index in [2.05, 4.69) is 5.32 Å². The molecule has 1 unspecified atom stereocenters. The van der Waals surface area contributed by atoms with Crippen LogP contribution in [0.2, 0.25) is 0 Å². The smallest absolute Gasteiger partial charge is 0.252 e. The molecule has 0 aliphatic carbocycles. The molecule has 1 aliphatic rings. The van der Waals surface area contributed by atoms with Crippen LogP contribution in [0.1, 0.15) is 53.9 Å². The van der Waals surface area contributed by atoms with Crippen LogP contribution in [0, 0.1) is 6.92 Å². The predicted molar refractivity (Wildman–Crippen MR) is 116 cm³/mol. The van der Waals surface area contributed by atoms with Gasteiger partial charge in [0, 0.05) is 24.0 Å². The van der Waals surface area contributed by atoms with Crippen molar-refractivity contribution in [1.29, 1.82) is 0 Å². The summed E-state index contributed by atoms with van der Waals surface area (Å²) in [5.74, 6) is 0.329. The maximum absolute atomic E-state index is 13.0. The SMILES string of the molecule is Cc1ccc(S(=O)(=O)N2CCCCC2)cc1C(=O)NC(C)c1cc2ccccc2o1. The lowest BCUT2D eigenvalue weighted by atomic mass is 10.1. The standard InChI is InChI=1S/C23H26N2O4S/c1-16-10-11-19(30(27,28)25-12-6-3-7-13-25)15-20(16)23(26)24-17(2)22-14-18-8-4-5-9-21(18)29-22/h4-5,8-11,14-15,17H,3,6-7,12-13H2,1-2H3,(H,24,26). The highest BCUT2D eigenvalue weighted by molar-refractivity contribution is 7.89. The lowest BCUT2D eigenvalue weighted by Crippen LogP contribution is -2.35. The highest BCUT2D eigenvalue weighted by atomic mass is 32.2. The van der Waals surface area contributed by atoms with E-state index in [1.807, 2.05) is 37.3 Å². The number of fused-ring (bicyclic) bond motifs is 1. The number of amides is 1. The number of benzene rings is 2. The lowest BCUT2D eigenvalue weighted by Gasteiger charge is -2.26. The van der Waals surface area contributed by atoms with Gasteiger partial charge in [-0.15, -0.1) is 0 Å². The third-order valence-electron chi connectivity index (χ3n) is 5.63. The number of rotatable bonds is 5. The maximum Gasteiger partial charge on any atom is 0.252 e. The summed E-state index contributed by atoms with van der Waals surface area (Å²) in [6.07, 6.45) is 2.79. The fourth-order valence-electron chi connectivity index (χ4n) is 3.82. The summed E-state index contributed by atoms with van der Waals surface area (Å²) < 4.78 is 33.3. The molecule has 1 aromatic heterocycles. The normalized spacial score (nSPS) is 16.5. The van der Waals surface area contributed by atoms with Crippen molar-refractivity contribution in [2.75, 3.05) is 13.1 Å². The monoisotopic (exact) mass is 426 g/mol. The van der Waals surface area contributed by atoms with Crippen LogP contribution < -0.4 is 5.32 Å². The van der Waals surface area contributed by atoms with Crippen molar-refractivity contribution in [3.05, 3.63) is 65.4 Å². The van der Waals surface area contributed by atoms with E-state index in [0.29, 0.717) is 24.4 Å². The van der Waals surface area contributed by atoms with Crippen molar-refractivity contribution in [1.82, 2.24) is 9.62 Å². The van der Waals surface area contributed by atoms with E-state index in [1.54, 1.807) is 19.1 Å². The summed E-state index contributed by atoms with van der Waals surface area (Å²) in [5.41, 5.74) is 1.84. The van der Waals surface area contributed by atoms with Crippen LogP contribution in [0.5, 0.6) is 0 Å². The summed E-state index contributed by atoms with van der Waals surface area (Å²) >= 11 is 0. The Hall–Kier alpha value is -2.64. The van der Waals surface area contributed by atoms with Gasteiger partial charge in [-0.25, -0.2) is 8.42 Å². The molecule has 2 aromatic carbocycles. The number of aryl methyl sites for hydroxylation is 1. The molecule has 30 heavy (non-hydrogen) atoms. The summed E-state index contributed by atoms with van der Waals surface area (Å²) in [6, 6.07) is 14.0. The summed E-state index contributed by atoms with van der Waals surface area (Å²) in [4.78, 5) is 13.1. The first-order valence-electron chi connectivity index (χ1n) is 10.3. The van der Waals surface area contributed by atoms with Gasteiger partial charge in [0.1, 0.15) is 11.3 Å². The number of hydrogen-bond donors (Lipinski definition) is 1. The molecule has 1 saturated heterocycles. The number of carbonyl (C=O) groups is 1. The number of carbonyl (C=O) groups excluding carboxylic acids is 1. The third kappa shape index (κ3) is 4.00. The van der Waals surface area contributed by atoms with Crippen molar-refractivity contribution in [3.8, 4) is 0 Å². The zero-order valence-corrected chi connectivity index (χ0v) is 18.0. The van der Waals surface area contributed by atoms with Gasteiger partial charge in [0.2, 0.25) is 10.0 Å². The molecule has 0 saturated carbocycles. The van der Waals surface area contributed by atoms with Crippen molar-refractivity contribution < 1.29 is 17.6 Å². The third-order valence-corrected chi connectivity index (χ3v) is 7.52. The molecule has 0 bridgehead atoms. The van der Waals surface area contributed by atoms with E-state index in [0.717, 1.165) is 35.8 Å². The van der Waals surface area contributed by atoms with Crippen LogP contribution in [0.15, 0.2) is 57.8 Å². The quantitative estimate of drug-likeness (QED) is 0.655. The predicted octanol–water partition coefficient (Wildman–Crippen LogP) is 4.41. The fraction of sp³-hybridized carbons (Fsp3) is 0.348. The number of nitrogens with one attached hydrogen (secondary N) is 1. The molecular formula is C23H26N2O4S. The van der Waals surface area contributed by atoms with Crippen LogP contribution in [-0.4, -0.2) is 31.7 Å². The largest absolute Gasteiger partial charge is 0.459 e. The first-order chi connectivity index (χ1) is 14.4. The van der Waals surface area contributed by atoms with Crippen LogP contribution in [0.25, 0.3) is 11.0 Å². The highest BCUT2D eigenvalue weighted by Gasteiger charge is 2.27. The minimum absolute atomic E-state index is 0.163. The van der Waals surface area contributed by atoms with Gasteiger partial charge < -0.3 is 9.73 Å². The van der Waals surface area contributed by atoms with Crippen LogP contribution in [0.4, 0.5) is 0 Å². The average Bonchev–Trinajstić information content (AvgIpc) is 3.19. The molecule has 7 heteroatoms. The van der Waals surface area contributed by atoms with E-state index in [4.69, 9.17) is 4.42 Å². The van der Waals surface area contributed by atoms with Crippen molar-refractivity contribution >= 4 is 26.9 Å². The Bertz CT molecular complexity index is 1140.